The third-order valence-electron chi connectivity index (χ3n) is 3.22. The van der Waals surface area contributed by atoms with Crippen molar-refractivity contribution in [2.24, 2.45) is 11.5 Å². The highest BCUT2D eigenvalue weighted by Gasteiger charge is 2.17. The predicted octanol–water partition coefficient (Wildman–Crippen LogP) is -0.509. The van der Waals surface area contributed by atoms with Crippen molar-refractivity contribution >= 4 is 23.8 Å². The number of amides is 4. The maximum atomic E-state index is 11.8. The quantitative estimate of drug-likeness (QED) is 0.576. The number of rotatable bonds is 8. The van der Waals surface area contributed by atoms with Gasteiger partial charge in [0.05, 0.1) is 6.04 Å². The lowest BCUT2D eigenvalue weighted by Crippen LogP contribution is -2.42. The maximum Gasteiger partial charge on any atom is 0.410 e. The zero-order valence-corrected chi connectivity index (χ0v) is 13.9. The van der Waals surface area contributed by atoms with E-state index in [1.807, 2.05) is 18.2 Å². The minimum atomic E-state index is -0.948. The molecular formula is C16H22N4O5. The molecule has 0 aliphatic rings. The van der Waals surface area contributed by atoms with Crippen LogP contribution in [0.5, 0.6) is 0 Å². The second-order valence-corrected chi connectivity index (χ2v) is 5.42. The van der Waals surface area contributed by atoms with Gasteiger partial charge in [0.2, 0.25) is 17.7 Å². The van der Waals surface area contributed by atoms with Gasteiger partial charge in [0, 0.05) is 13.5 Å². The number of ether oxygens (including phenoxy) is 1. The van der Waals surface area contributed by atoms with Crippen LogP contribution in [0.4, 0.5) is 4.79 Å². The van der Waals surface area contributed by atoms with Crippen LogP contribution in [0, 0.1) is 0 Å². The fourth-order valence-corrected chi connectivity index (χ4v) is 1.80. The van der Waals surface area contributed by atoms with Gasteiger partial charge in [-0.2, -0.15) is 0 Å². The molecule has 9 heteroatoms. The molecule has 1 aromatic rings. The lowest BCUT2D eigenvalue weighted by Gasteiger charge is -2.16. The summed E-state index contributed by atoms with van der Waals surface area (Å²) in [6.07, 6.45) is -0.788. The molecule has 0 aromatic heterocycles. The van der Waals surface area contributed by atoms with Crippen LogP contribution >= 0.6 is 0 Å². The largest absolute Gasteiger partial charge is 0.445 e. The molecule has 0 heterocycles. The molecule has 5 N–H and O–H groups in total. The van der Waals surface area contributed by atoms with Crippen LogP contribution in [0.15, 0.2) is 30.3 Å². The highest BCUT2D eigenvalue weighted by molar-refractivity contribution is 5.97. The lowest BCUT2D eigenvalue weighted by atomic mass is 10.1. The summed E-state index contributed by atoms with van der Waals surface area (Å²) in [7, 11) is 1.38. The minimum Gasteiger partial charge on any atom is -0.445 e. The van der Waals surface area contributed by atoms with Crippen molar-refractivity contribution in [2.45, 2.75) is 25.5 Å². The van der Waals surface area contributed by atoms with Gasteiger partial charge in [0.1, 0.15) is 13.2 Å². The van der Waals surface area contributed by atoms with E-state index in [0.29, 0.717) is 0 Å². The molecule has 0 saturated carbocycles. The summed E-state index contributed by atoms with van der Waals surface area (Å²) in [5.74, 6) is -2.00. The second-order valence-electron chi connectivity index (χ2n) is 5.42. The van der Waals surface area contributed by atoms with E-state index in [1.165, 1.54) is 7.05 Å². The summed E-state index contributed by atoms with van der Waals surface area (Å²) in [5, 5.41) is 2.10. The molecule has 25 heavy (non-hydrogen) atoms. The van der Waals surface area contributed by atoms with Crippen LogP contribution < -0.4 is 16.8 Å². The number of nitrogens with one attached hydrogen (secondary N) is 1. The fraction of sp³-hybridized carbons (Fsp3) is 0.375. The van der Waals surface area contributed by atoms with E-state index in [1.54, 1.807) is 12.1 Å². The van der Waals surface area contributed by atoms with Crippen molar-refractivity contribution in [1.82, 2.24) is 10.2 Å². The number of carbonyl (C=O) groups excluding carboxylic acids is 4. The summed E-state index contributed by atoms with van der Waals surface area (Å²) in [4.78, 5) is 46.9. The average Bonchev–Trinajstić information content (AvgIpc) is 2.58. The standard InChI is InChI=1S/C16H22N4O5/c1-20(16(24)25-10-11-5-3-2-4-6-11)9-14(22)19-13(21)8-7-12(17)15(18)23/h2-6,12H,7-10,17H2,1H3,(H2,18,23)(H,19,21,22)/t12-/m0/s1. The Bertz CT molecular complexity index is 620. The molecule has 9 nitrogen and oxygen atoms in total. The van der Waals surface area contributed by atoms with Gasteiger partial charge >= 0.3 is 6.09 Å². The maximum absolute atomic E-state index is 11.8. The first kappa shape index (κ1) is 20.1. The van der Waals surface area contributed by atoms with E-state index in [0.717, 1.165) is 10.5 Å². The van der Waals surface area contributed by atoms with Crippen molar-refractivity contribution < 1.29 is 23.9 Å². The Labute approximate surface area is 145 Å². The number of carbonyl (C=O) groups is 4. The van der Waals surface area contributed by atoms with Gasteiger partial charge in [0.25, 0.3) is 0 Å². The number of nitrogens with two attached hydrogens (primary N) is 2. The number of primary amides is 1. The van der Waals surface area contributed by atoms with E-state index < -0.39 is 29.9 Å². The normalized spacial score (nSPS) is 11.3. The number of imide groups is 1. The first-order valence-corrected chi connectivity index (χ1v) is 7.59. The molecule has 0 aliphatic carbocycles. The summed E-state index contributed by atoms with van der Waals surface area (Å²) in [5.41, 5.74) is 11.2. The number of benzene rings is 1. The molecule has 0 saturated heterocycles. The van der Waals surface area contributed by atoms with Gasteiger partial charge < -0.3 is 21.1 Å². The number of nitrogens with zero attached hydrogens (tertiary/aromatic N) is 1. The van der Waals surface area contributed by atoms with Gasteiger partial charge in [0.15, 0.2) is 0 Å². The summed E-state index contributed by atoms with van der Waals surface area (Å²) in [6.45, 7) is -0.267. The summed E-state index contributed by atoms with van der Waals surface area (Å²) in [6, 6.07) is 8.13. The average molecular weight is 350 g/mol. The molecule has 1 rings (SSSR count). The summed E-state index contributed by atoms with van der Waals surface area (Å²) >= 11 is 0. The van der Waals surface area contributed by atoms with Crippen molar-refractivity contribution in [1.29, 1.82) is 0 Å². The Morgan fingerprint density at radius 2 is 1.80 bits per heavy atom. The Morgan fingerprint density at radius 1 is 1.16 bits per heavy atom. The van der Waals surface area contributed by atoms with Crippen molar-refractivity contribution in [2.75, 3.05) is 13.6 Å². The Kier molecular flexibility index (Phi) is 8.07. The molecule has 1 aromatic carbocycles. The van der Waals surface area contributed by atoms with Crippen LogP contribution in [-0.4, -0.2) is 48.3 Å². The van der Waals surface area contributed by atoms with Gasteiger partial charge in [-0.1, -0.05) is 30.3 Å². The summed E-state index contributed by atoms with van der Waals surface area (Å²) < 4.78 is 5.06. The Balaban J connectivity index is 2.31. The van der Waals surface area contributed by atoms with Crippen molar-refractivity contribution in [3.8, 4) is 0 Å². The Morgan fingerprint density at radius 3 is 2.40 bits per heavy atom. The van der Waals surface area contributed by atoms with Crippen LogP contribution in [0.3, 0.4) is 0 Å². The van der Waals surface area contributed by atoms with Crippen LogP contribution in [0.2, 0.25) is 0 Å². The molecule has 136 valence electrons. The van der Waals surface area contributed by atoms with Crippen molar-refractivity contribution in [3.63, 3.8) is 0 Å². The van der Waals surface area contributed by atoms with Crippen LogP contribution in [0.25, 0.3) is 0 Å². The zero-order chi connectivity index (χ0) is 18.8. The van der Waals surface area contributed by atoms with Crippen LogP contribution in [-0.2, 0) is 25.7 Å². The molecule has 1 atom stereocenters. The topological polar surface area (TPSA) is 145 Å². The molecular weight excluding hydrogens is 328 g/mol. The van der Waals surface area contributed by atoms with E-state index >= 15 is 0 Å². The second kappa shape index (κ2) is 10.0. The first-order chi connectivity index (χ1) is 11.8. The zero-order valence-electron chi connectivity index (χ0n) is 13.9. The van der Waals surface area contributed by atoms with E-state index in [4.69, 9.17) is 16.2 Å². The van der Waals surface area contributed by atoms with Gasteiger partial charge in [-0.15, -0.1) is 0 Å². The molecule has 4 amide bonds. The smallest absolute Gasteiger partial charge is 0.410 e. The van der Waals surface area contributed by atoms with Crippen LogP contribution in [0.1, 0.15) is 18.4 Å². The highest BCUT2D eigenvalue weighted by Crippen LogP contribution is 2.02. The third-order valence-corrected chi connectivity index (χ3v) is 3.22. The Hall–Kier alpha value is -2.94. The van der Waals surface area contributed by atoms with E-state index in [2.05, 4.69) is 5.32 Å². The molecule has 0 radical (unpaired) electrons. The molecule has 0 fully saturated rings. The molecule has 0 spiro atoms. The highest BCUT2D eigenvalue weighted by atomic mass is 16.6. The molecule has 0 aliphatic heterocycles. The number of hydrogen-bond acceptors (Lipinski definition) is 6. The fourth-order valence-electron chi connectivity index (χ4n) is 1.80. The predicted molar refractivity (Wildman–Crippen MR) is 88.8 cm³/mol. The number of likely N-dealkylation sites (N-methyl/N-ethyl adjacent to an activating group) is 1. The van der Waals surface area contributed by atoms with Gasteiger partial charge in [-0.25, -0.2) is 4.79 Å². The SMILES string of the molecule is CN(CC(=O)NC(=O)CC[C@H](N)C(N)=O)C(=O)OCc1ccccc1. The lowest BCUT2D eigenvalue weighted by molar-refractivity contribution is -0.130. The van der Waals surface area contributed by atoms with E-state index in [-0.39, 0.29) is 26.0 Å². The van der Waals surface area contributed by atoms with E-state index in [9.17, 15) is 19.2 Å². The minimum absolute atomic E-state index is 0.0312. The van der Waals surface area contributed by atoms with Gasteiger partial charge in [-0.05, 0) is 12.0 Å². The number of hydrogen-bond donors (Lipinski definition) is 3. The van der Waals surface area contributed by atoms with Crippen molar-refractivity contribution in [3.05, 3.63) is 35.9 Å². The third kappa shape index (κ3) is 7.93. The molecule has 0 bridgehead atoms. The van der Waals surface area contributed by atoms with Gasteiger partial charge in [-0.3, -0.25) is 19.7 Å². The first-order valence-electron chi connectivity index (χ1n) is 7.59. The monoisotopic (exact) mass is 350 g/mol. The molecule has 0 unspecified atom stereocenters.